The van der Waals surface area contributed by atoms with E-state index in [0.29, 0.717) is 13.0 Å². The first kappa shape index (κ1) is 21.2. The molecule has 1 aromatic heterocycles. The fourth-order valence-electron chi connectivity index (χ4n) is 3.51. The zero-order valence-electron chi connectivity index (χ0n) is 16.5. The minimum atomic E-state index is -3.79. The number of sulfonamides is 1. The second-order valence-corrected chi connectivity index (χ2v) is 9.09. The van der Waals surface area contributed by atoms with Crippen LogP contribution in [0.3, 0.4) is 0 Å². The second kappa shape index (κ2) is 8.60. The van der Waals surface area contributed by atoms with E-state index in [1.165, 1.54) is 39.5 Å². The normalized spacial score (nSPS) is 15.6. The molecule has 6 nitrogen and oxygen atoms in total. The Hall–Kier alpha value is -3.04. The van der Waals surface area contributed by atoms with Crippen molar-refractivity contribution in [2.45, 2.75) is 11.3 Å². The zero-order chi connectivity index (χ0) is 22.0. The average Bonchev–Trinajstić information content (AvgIpc) is 3.10. The Labute approximate surface area is 178 Å². The molecule has 1 aliphatic heterocycles. The number of halogens is 2. The van der Waals surface area contributed by atoms with Crippen LogP contribution in [0.5, 0.6) is 0 Å². The van der Waals surface area contributed by atoms with Crippen molar-refractivity contribution < 1.29 is 26.4 Å². The van der Waals surface area contributed by atoms with Gasteiger partial charge in [0.25, 0.3) is 5.91 Å². The highest BCUT2D eigenvalue weighted by molar-refractivity contribution is 7.89. The summed E-state index contributed by atoms with van der Waals surface area (Å²) < 4.78 is 59.7. The van der Waals surface area contributed by atoms with Crippen LogP contribution >= 0.6 is 0 Å². The summed E-state index contributed by atoms with van der Waals surface area (Å²) in [5.74, 6) is -1.04. The van der Waals surface area contributed by atoms with Gasteiger partial charge >= 0.3 is 0 Å². The first-order valence-corrected chi connectivity index (χ1v) is 11.2. The molecule has 2 aromatic carbocycles. The van der Waals surface area contributed by atoms with E-state index < -0.39 is 21.7 Å². The fraction of sp³-hybridized carbons (Fsp3) is 0.227. The number of hydrogen-bond donors (Lipinski definition) is 0. The highest BCUT2D eigenvalue weighted by Gasteiger charge is 2.29. The minimum absolute atomic E-state index is 0.00856. The summed E-state index contributed by atoms with van der Waals surface area (Å²) in [6.45, 7) is 0.868. The van der Waals surface area contributed by atoms with Gasteiger partial charge in [0.2, 0.25) is 10.0 Å². The van der Waals surface area contributed by atoms with Gasteiger partial charge in [-0.05, 0) is 55.0 Å². The molecule has 0 atom stereocenters. The highest BCUT2D eigenvalue weighted by Crippen LogP contribution is 2.26. The molecule has 0 radical (unpaired) electrons. The van der Waals surface area contributed by atoms with Crippen molar-refractivity contribution in [3.05, 3.63) is 78.1 Å². The van der Waals surface area contributed by atoms with E-state index in [9.17, 15) is 22.0 Å². The Morgan fingerprint density at radius 2 is 1.61 bits per heavy atom. The highest BCUT2D eigenvalue weighted by atomic mass is 32.2. The lowest BCUT2D eigenvalue weighted by atomic mass is 10.1. The van der Waals surface area contributed by atoms with Crippen molar-refractivity contribution in [2.24, 2.45) is 0 Å². The van der Waals surface area contributed by atoms with Crippen LogP contribution in [0.1, 0.15) is 17.0 Å². The Morgan fingerprint density at radius 1 is 0.871 bits per heavy atom. The predicted octanol–water partition coefficient (Wildman–Crippen LogP) is 3.76. The number of rotatable bonds is 4. The molecular weight excluding hydrogens is 426 g/mol. The SMILES string of the molecule is O=C(c1ccc(-c2ccccc2F)o1)N1CCCN(S(=O)(=O)c2ccc(F)cc2)CC1. The summed E-state index contributed by atoms with van der Waals surface area (Å²) in [5.41, 5.74) is 0.258. The van der Waals surface area contributed by atoms with E-state index in [-0.39, 0.29) is 47.5 Å². The molecule has 1 aliphatic rings. The molecule has 0 unspecified atom stereocenters. The molecule has 0 N–H and O–H groups in total. The topological polar surface area (TPSA) is 70.8 Å². The number of carbonyl (C=O) groups excluding carboxylic acids is 1. The van der Waals surface area contributed by atoms with E-state index in [1.807, 2.05) is 0 Å². The van der Waals surface area contributed by atoms with Gasteiger partial charge in [0.15, 0.2) is 5.76 Å². The number of nitrogens with zero attached hydrogens (tertiary/aromatic N) is 2. The summed E-state index contributed by atoms with van der Waals surface area (Å²) >= 11 is 0. The molecule has 3 aromatic rings. The lowest BCUT2D eigenvalue weighted by Crippen LogP contribution is -2.37. The van der Waals surface area contributed by atoms with Crippen LogP contribution in [-0.4, -0.2) is 49.7 Å². The maximum atomic E-state index is 14.0. The van der Waals surface area contributed by atoms with Gasteiger partial charge < -0.3 is 9.32 Å². The quantitative estimate of drug-likeness (QED) is 0.612. The smallest absolute Gasteiger partial charge is 0.289 e. The van der Waals surface area contributed by atoms with E-state index >= 15 is 0 Å². The lowest BCUT2D eigenvalue weighted by molar-refractivity contribution is 0.0733. The first-order valence-electron chi connectivity index (χ1n) is 9.76. The monoisotopic (exact) mass is 446 g/mol. The fourth-order valence-corrected chi connectivity index (χ4v) is 4.98. The molecule has 0 spiro atoms. The van der Waals surface area contributed by atoms with Crippen molar-refractivity contribution in [3.8, 4) is 11.3 Å². The summed E-state index contributed by atoms with van der Waals surface area (Å²) in [4.78, 5) is 14.4. The van der Waals surface area contributed by atoms with Crippen molar-refractivity contribution >= 4 is 15.9 Å². The van der Waals surface area contributed by atoms with Crippen LogP contribution in [-0.2, 0) is 10.0 Å². The molecule has 0 bridgehead atoms. The molecule has 9 heteroatoms. The number of furan rings is 1. The Bertz CT molecular complexity index is 1190. The van der Waals surface area contributed by atoms with Crippen molar-refractivity contribution in [1.82, 2.24) is 9.21 Å². The van der Waals surface area contributed by atoms with Crippen molar-refractivity contribution in [1.29, 1.82) is 0 Å². The van der Waals surface area contributed by atoms with Crippen LogP contribution in [0.4, 0.5) is 8.78 Å². The standard InChI is InChI=1S/C22H20F2N2O4S/c23-16-6-8-17(9-7-16)31(28,29)26-13-3-12-25(14-15-26)22(27)21-11-10-20(30-21)18-4-1-2-5-19(18)24/h1-2,4-11H,3,12-15H2. The summed E-state index contributed by atoms with van der Waals surface area (Å²) in [6.07, 6.45) is 0.438. The third-order valence-corrected chi connectivity index (χ3v) is 7.06. The molecule has 4 rings (SSSR count). The minimum Gasteiger partial charge on any atom is -0.451 e. The Kier molecular flexibility index (Phi) is 5.88. The summed E-state index contributed by atoms with van der Waals surface area (Å²) in [6, 6.07) is 13.8. The number of amides is 1. The Morgan fingerprint density at radius 3 is 2.35 bits per heavy atom. The Balaban J connectivity index is 1.47. The van der Waals surface area contributed by atoms with Crippen LogP contribution in [0.2, 0.25) is 0 Å². The molecular formula is C22H20F2N2O4S. The van der Waals surface area contributed by atoms with Gasteiger partial charge in [-0.3, -0.25) is 4.79 Å². The van der Waals surface area contributed by atoms with Gasteiger partial charge in [0.1, 0.15) is 17.4 Å². The van der Waals surface area contributed by atoms with Crippen LogP contribution in [0.15, 0.2) is 70.0 Å². The van der Waals surface area contributed by atoms with Gasteiger partial charge in [-0.15, -0.1) is 0 Å². The predicted molar refractivity (Wildman–Crippen MR) is 110 cm³/mol. The molecule has 1 saturated heterocycles. The molecule has 1 fully saturated rings. The van der Waals surface area contributed by atoms with E-state index in [2.05, 4.69) is 0 Å². The number of carbonyl (C=O) groups is 1. The molecule has 0 aliphatic carbocycles. The third kappa shape index (κ3) is 4.38. The van der Waals surface area contributed by atoms with Gasteiger partial charge in [0, 0.05) is 26.2 Å². The molecule has 162 valence electrons. The van der Waals surface area contributed by atoms with E-state index in [1.54, 1.807) is 18.2 Å². The van der Waals surface area contributed by atoms with Gasteiger partial charge in [-0.1, -0.05) is 12.1 Å². The van der Waals surface area contributed by atoms with Crippen LogP contribution < -0.4 is 0 Å². The number of benzene rings is 2. The average molecular weight is 446 g/mol. The van der Waals surface area contributed by atoms with Crippen molar-refractivity contribution in [3.63, 3.8) is 0 Å². The molecule has 31 heavy (non-hydrogen) atoms. The van der Waals surface area contributed by atoms with Crippen LogP contribution in [0, 0.1) is 11.6 Å². The first-order chi connectivity index (χ1) is 14.9. The zero-order valence-corrected chi connectivity index (χ0v) is 17.3. The van der Waals surface area contributed by atoms with E-state index in [0.717, 1.165) is 12.1 Å². The molecule has 0 saturated carbocycles. The van der Waals surface area contributed by atoms with Crippen molar-refractivity contribution in [2.75, 3.05) is 26.2 Å². The summed E-state index contributed by atoms with van der Waals surface area (Å²) in [5, 5.41) is 0. The molecule has 2 heterocycles. The second-order valence-electron chi connectivity index (χ2n) is 7.15. The number of hydrogen-bond acceptors (Lipinski definition) is 4. The summed E-state index contributed by atoms with van der Waals surface area (Å²) in [7, 11) is -3.79. The van der Waals surface area contributed by atoms with E-state index in [4.69, 9.17) is 4.42 Å². The van der Waals surface area contributed by atoms with Crippen LogP contribution in [0.25, 0.3) is 11.3 Å². The molecule has 1 amide bonds. The lowest BCUT2D eigenvalue weighted by Gasteiger charge is -2.21. The van der Waals surface area contributed by atoms with Gasteiger partial charge in [0.05, 0.1) is 10.5 Å². The maximum absolute atomic E-state index is 14.0. The van der Waals surface area contributed by atoms with Gasteiger partial charge in [-0.2, -0.15) is 4.31 Å². The largest absolute Gasteiger partial charge is 0.451 e. The van der Waals surface area contributed by atoms with Gasteiger partial charge in [-0.25, -0.2) is 17.2 Å². The maximum Gasteiger partial charge on any atom is 0.289 e. The third-order valence-electron chi connectivity index (χ3n) is 5.15.